The number of ether oxygens (including phenoxy) is 2. The van der Waals surface area contributed by atoms with Crippen LogP contribution < -0.4 is 5.32 Å². The van der Waals surface area contributed by atoms with Gasteiger partial charge < -0.3 is 40.3 Å². The van der Waals surface area contributed by atoms with Crippen LogP contribution in [-0.4, -0.2) is 87.5 Å². The summed E-state index contributed by atoms with van der Waals surface area (Å²) in [7, 11) is 0. The molecular formula is C38H73NO8. The molecule has 1 saturated heterocycles. The van der Waals surface area contributed by atoms with E-state index in [2.05, 4.69) is 19.2 Å². The van der Waals surface area contributed by atoms with E-state index in [4.69, 9.17) is 9.47 Å². The molecule has 0 bridgehead atoms. The first-order valence-corrected chi connectivity index (χ1v) is 19.4. The molecule has 0 aliphatic carbocycles. The number of carbonyl (C=O) groups is 1. The van der Waals surface area contributed by atoms with E-state index < -0.39 is 49.5 Å². The van der Waals surface area contributed by atoms with Crippen molar-refractivity contribution in [3.8, 4) is 0 Å². The van der Waals surface area contributed by atoms with Gasteiger partial charge in [-0.1, -0.05) is 154 Å². The first-order chi connectivity index (χ1) is 22.8. The van der Waals surface area contributed by atoms with Gasteiger partial charge in [-0.3, -0.25) is 4.79 Å². The maximum absolute atomic E-state index is 12.8. The molecule has 1 aliphatic rings. The largest absolute Gasteiger partial charge is 0.394 e. The summed E-state index contributed by atoms with van der Waals surface area (Å²) >= 11 is 0. The molecule has 47 heavy (non-hydrogen) atoms. The van der Waals surface area contributed by atoms with Crippen molar-refractivity contribution in [1.29, 1.82) is 0 Å². The fraction of sp³-hybridized carbons (Fsp3) is 0.921. The quantitative estimate of drug-likeness (QED) is 0.0357. The Labute approximate surface area is 286 Å². The van der Waals surface area contributed by atoms with Crippen LogP contribution in [0.5, 0.6) is 0 Å². The van der Waals surface area contributed by atoms with Crippen LogP contribution in [0.2, 0.25) is 0 Å². The van der Waals surface area contributed by atoms with Gasteiger partial charge in [0.05, 0.1) is 25.4 Å². The highest BCUT2D eigenvalue weighted by Gasteiger charge is 2.44. The summed E-state index contributed by atoms with van der Waals surface area (Å²) in [6.45, 7) is 3.74. The third-order valence-corrected chi connectivity index (χ3v) is 9.36. The van der Waals surface area contributed by atoms with E-state index in [9.17, 15) is 30.3 Å². The zero-order valence-electron chi connectivity index (χ0n) is 30.0. The van der Waals surface area contributed by atoms with E-state index in [-0.39, 0.29) is 12.5 Å². The monoisotopic (exact) mass is 672 g/mol. The first-order valence-electron chi connectivity index (χ1n) is 19.4. The van der Waals surface area contributed by atoms with E-state index in [1.54, 1.807) is 6.08 Å². The number of aliphatic hydroxyl groups excluding tert-OH is 5. The molecule has 0 saturated carbocycles. The van der Waals surface area contributed by atoms with Gasteiger partial charge in [0, 0.05) is 6.42 Å². The SMILES string of the molecule is CCCCCCCCCCCCCC=CC(O)C(CO[C@H]1O[C@H](CO)[C@H](O)[C@H](O)[C@H]1O)NC(=O)CCCCCCCCCCCCC. The highest BCUT2D eigenvalue weighted by Crippen LogP contribution is 2.22. The van der Waals surface area contributed by atoms with Crippen LogP contribution in [0.25, 0.3) is 0 Å². The maximum Gasteiger partial charge on any atom is 0.220 e. The molecule has 0 radical (unpaired) electrons. The molecule has 0 spiro atoms. The Bertz CT molecular complexity index is 751. The van der Waals surface area contributed by atoms with Crippen molar-refractivity contribution < 1.29 is 39.8 Å². The Morgan fingerprint density at radius 3 is 1.66 bits per heavy atom. The van der Waals surface area contributed by atoms with Gasteiger partial charge in [0.2, 0.25) is 5.91 Å². The minimum Gasteiger partial charge on any atom is -0.394 e. The summed E-state index contributed by atoms with van der Waals surface area (Å²) < 4.78 is 11.1. The van der Waals surface area contributed by atoms with E-state index in [1.807, 2.05) is 6.08 Å². The van der Waals surface area contributed by atoms with E-state index in [0.717, 1.165) is 38.5 Å². The molecular weight excluding hydrogens is 598 g/mol. The lowest BCUT2D eigenvalue weighted by molar-refractivity contribution is -0.302. The van der Waals surface area contributed by atoms with Crippen molar-refractivity contribution in [3.05, 3.63) is 12.2 Å². The van der Waals surface area contributed by atoms with Crippen LogP contribution in [0.1, 0.15) is 168 Å². The Kier molecular flexibility index (Phi) is 27.9. The molecule has 9 nitrogen and oxygen atoms in total. The summed E-state index contributed by atoms with van der Waals surface area (Å²) in [5.74, 6) is -0.179. The van der Waals surface area contributed by atoms with E-state index >= 15 is 0 Å². The number of unbranched alkanes of at least 4 members (excludes halogenated alkanes) is 21. The zero-order chi connectivity index (χ0) is 34.5. The van der Waals surface area contributed by atoms with Gasteiger partial charge in [-0.15, -0.1) is 0 Å². The van der Waals surface area contributed by atoms with Gasteiger partial charge in [-0.05, 0) is 19.3 Å². The molecule has 0 aromatic carbocycles. The van der Waals surface area contributed by atoms with Crippen molar-refractivity contribution in [2.45, 2.75) is 211 Å². The normalized spacial score (nSPS) is 22.9. The molecule has 278 valence electrons. The molecule has 9 heteroatoms. The standard InChI is InChI=1S/C38H73NO8/c1-3-5-7-9-11-13-15-16-18-19-21-23-25-27-32(41)31(30-46-38-37(45)36(44)35(43)33(29-40)47-38)39-34(42)28-26-24-22-20-17-14-12-10-8-6-4-2/h25,27,31-33,35-38,40-41,43-45H,3-24,26,28-30H2,1-2H3,(H,39,42)/t31?,32?,33-,35+,36+,37-,38+/m1/s1. The van der Waals surface area contributed by atoms with Crippen molar-refractivity contribution in [2.24, 2.45) is 0 Å². The highest BCUT2D eigenvalue weighted by atomic mass is 16.7. The van der Waals surface area contributed by atoms with Gasteiger partial charge in [-0.2, -0.15) is 0 Å². The number of rotatable bonds is 31. The van der Waals surface area contributed by atoms with E-state index in [1.165, 1.54) is 109 Å². The number of amides is 1. The minimum atomic E-state index is -1.56. The third kappa shape index (κ3) is 21.6. The summed E-state index contributed by atoms with van der Waals surface area (Å²) in [6, 6.07) is -0.795. The van der Waals surface area contributed by atoms with Gasteiger partial charge in [-0.25, -0.2) is 0 Å². The molecule has 6 N–H and O–H groups in total. The summed E-state index contributed by atoms with van der Waals surface area (Å²) in [4.78, 5) is 12.8. The van der Waals surface area contributed by atoms with Crippen LogP contribution in [0, 0.1) is 0 Å². The van der Waals surface area contributed by atoms with E-state index in [0.29, 0.717) is 6.42 Å². The van der Waals surface area contributed by atoms with Gasteiger partial charge in [0.25, 0.3) is 0 Å². The lowest BCUT2D eigenvalue weighted by atomic mass is 9.99. The van der Waals surface area contributed by atoms with Crippen molar-refractivity contribution in [3.63, 3.8) is 0 Å². The average molecular weight is 672 g/mol. The summed E-state index contributed by atoms with van der Waals surface area (Å²) in [5.41, 5.74) is 0. The fourth-order valence-corrected chi connectivity index (χ4v) is 6.15. The van der Waals surface area contributed by atoms with Crippen molar-refractivity contribution >= 4 is 5.91 Å². The molecule has 1 aliphatic heterocycles. The number of hydrogen-bond acceptors (Lipinski definition) is 8. The van der Waals surface area contributed by atoms with Crippen LogP contribution in [0.4, 0.5) is 0 Å². The molecule has 1 amide bonds. The molecule has 0 aromatic heterocycles. The Hall–Kier alpha value is -1.07. The second kappa shape index (κ2) is 29.8. The first kappa shape index (κ1) is 44.0. The number of allylic oxidation sites excluding steroid dienone is 1. The topological polar surface area (TPSA) is 149 Å². The minimum absolute atomic E-state index is 0.179. The number of nitrogens with one attached hydrogen (secondary N) is 1. The molecule has 1 heterocycles. The van der Waals surface area contributed by atoms with Crippen LogP contribution in [-0.2, 0) is 14.3 Å². The van der Waals surface area contributed by atoms with Crippen LogP contribution >= 0.6 is 0 Å². The third-order valence-electron chi connectivity index (χ3n) is 9.36. The predicted octanol–water partition coefficient (Wildman–Crippen LogP) is 6.61. The maximum atomic E-state index is 12.8. The molecule has 1 fully saturated rings. The number of carbonyl (C=O) groups excluding carboxylic acids is 1. The molecule has 0 aromatic rings. The Morgan fingerprint density at radius 2 is 1.17 bits per heavy atom. The predicted molar refractivity (Wildman–Crippen MR) is 189 cm³/mol. The average Bonchev–Trinajstić information content (AvgIpc) is 3.07. The van der Waals surface area contributed by atoms with Crippen molar-refractivity contribution in [1.82, 2.24) is 5.32 Å². The Morgan fingerprint density at radius 1 is 0.702 bits per heavy atom. The van der Waals surface area contributed by atoms with Gasteiger partial charge in [0.1, 0.15) is 24.4 Å². The lowest BCUT2D eigenvalue weighted by Gasteiger charge is -2.40. The second-order valence-corrected chi connectivity index (χ2v) is 13.7. The molecule has 7 atom stereocenters. The van der Waals surface area contributed by atoms with Crippen LogP contribution in [0.15, 0.2) is 12.2 Å². The summed E-state index contributed by atoms with van der Waals surface area (Å²) in [5, 5.41) is 53.8. The Balaban J connectivity index is 2.46. The molecule has 2 unspecified atom stereocenters. The number of aliphatic hydroxyl groups is 5. The zero-order valence-corrected chi connectivity index (χ0v) is 30.0. The highest BCUT2D eigenvalue weighted by molar-refractivity contribution is 5.76. The smallest absolute Gasteiger partial charge is 0.220 e. The van der Waals surface area contributed by atoms with Gasteiger partial charge >= 0.3 is 0 Å². The molecule has 1 rings (SSSR count). The van der Waals surface area contributed by atoms with Crippen LogP contribution in [0.3, 0.4) is 0 Å². The van der Waals surface area contributed by atoms with Crippen molar-refractivity contribution in [2.75, 3.05) is 13.2 Å². The van der Waals surface area contributed by atoms with Gasteiger partial charge in [0.15, 0.2) is 6.29 Å². The fourth-order valence-electron chi connectivity index (χ4n) is 6.15. The second-order valence-electron chi connectivity index (χ2n) is 13.7. The lowest BCUT2D eigenvalue weighted by Crippen LogP contribution is -2.60. The number of hydrogen-bond donors (Lipinski definition) is 6. The summed E-state index contributed by atoms with van der Waals surface area (Å²) in [6.07, 6.45) is 23.9.